The second-order valence-corrected chi connectivity index (χ2v) is 6.52. The van der Waals surface area contributed by atoms with Gasteiger partial charge in [0.15, 0.2) is 0 Å². The predicted octanol–water partition coefficient (Wildman–Crippen LogP) is 1.38. The molecule has 1 unspecified atom stereocenters. The summed E-state index contributed by atoms with van der Waals surface area (Å²) in [6.07, 6.45) is 0. The number of benzene rings is 1. The fraction of sp³-hybridized carbons (Fsp3) is 0.538. The standard InChI is InChI=1S/C13H23N3O2S/c1-4-15-19(17,18)12-7-5-11(6-8-12)16-13(9-14)10(2)3/h5-8,10,13,15-16H,4,9,14H2,1-3H3. The van der Waals surface area contributed by atoms with Crippen molar-refractivity contribution in [2.45, 2.75) is 31.7 Å². The van der Waals surface area contributed by atoms with Crippen LogP contribution < -0.4 is 15.8 Å². The second-order valence-electron chi connectivity index (χ2n) is 4.76. The van der Waals surface area contributed by atoms with E-state index in [2.05, 4.69) is 23.9 Å². The lowest BCUT2D eigenvalue weighted by molar-refractivity contribution is 0.531. The molecule has 0 heterocycles. The summed E-state index contributed by atoms with van der Waals surface area (Å²) in [5.74, 6) is 0.412. The molecule has 1 rings (SSSR count). The summed E-state index contributed by atoms with van der Waals surface area (Å²) in [4.78, 5) is 0.272. The zero-order valence-electron chi connectivity index (χ0n) is 11.7. The zero-order valence-corrected chi connectivity index (χ0v) is 12.5. The minimum Gasteiger partial charge on any atom is -0.381 e. The Balaban J connectivity index is 2.82. The molecule has 1 atom stereocenters. The van der Waals surface area contributed by atoms with Crippen LogP contribution in [-0.4, -0.2) is 27.5 Å². The van der Waals surface area contributed by atoms with Crippen molar-refractivity contribution in [2.75, 3.05) is 18.4 Å². The van der Waals surface area contributed by atoms with E-state index >= 15 is 0 Å². The molecule has 0 aliphatic carbocycles. The SMILES string of the molecule is CCNS(=O)(=O)c1ccc(NC(CN)C(C)C)cc1. The highest BCUT2D eigenvalue weighted by Crippen LogP contribution is 2.16. The van der Waals surface area contributed by atoms with Crippen molar-refractivity contribution in [1.82, 2.24) is 4.72 Å². The number of nitrogens with one attached hydrogen (secondary N) is 2. The fourth-order valence-electron chi connectivity index (χ4n) is 1.72. The van der Waals surface area contributed by atoms with Crippen molar-refractivity contribution < 1.29 is 8.42 Å². The van der Waals surface area contributed by atoms with Crippen LogP contribution in [0.1, 0.15) is 20.8 Å². The summed E-state index contributed by atoms with van der Waals surface area (Å²) >= 11 is 0. The average Bonchev–Trinajstić information content (AvgIpc) is 2.36. The van der Waals surface area contributed by atoms with Crippen LogP contribution in [-0.2, 0) is 10.0 Å². The number of rotatable bonds is 7. The van der Waals surface area contributed by atoms with Crippen molar-refractivity contribution in [3.63, 3.8) is 0 Å². The third-order valence-corrected chi connectivity index (χ3v) is 4.47. The van der Waals surface area contributed by atoms with E-state index in [1.54, 1.807) is 31.2 Å². The highest BCUT2D eigenvalue weighted by Gasteiger charge is 2.14. The molecule has 4 N–H and O–H groups in total. The highest BCUT2D eigenvalue weighted by molar-refractivity contribution is 7.89. The lowest BCUT2D eigenvalue weighted by Gasteiger charge is -2.21. The van der Waals surface area contributed by atoms with E-state index in [9.17, 15) is 8.42 Å². The number of nitrogens with two attached hydrogens (primary N) is 1. The van der Waals surface area contributed by atoms with Gasteiger partial charge in [0.1, 0.15) is 0 Å². The van der Waals surface area contributed by atoms with Crippen molar-refractivity contribution in [1.29, 1.82) is 0 Å². The van der Waals surface area contributed by atoms with Gasteiger partial charge in [0.2, 0.25) is 10.0 Å². The molecular weight excluding hydrogens is 262 g/mol. The number of sulfonamides is 1. The third-order valence-electron chi connectivity index (χ3n) is 2.91. The molecule has 5 nitrogen and oxygen atoms in total. The molecule has 0 aliphatic heterocycles. The third kappa shape index (κ3) is 4.49. The fourth-order valence-corrected chi connectivity index (χ4v) is 2.76. The molecule has 0 spiro atoms. The maximum atomic E-state index is 11.8. The molecule has 1 aromatic rings. The summed E-state index contributed by atoms with van der Waals surface area (Å²) in [7, 11) is -3.38. The average molecular weight is 285 g/mol. The van der Waals surface area contributed by atoms with E-state index in [1.165, 1.54) is 0 Å². The van der Waals surface area contributed by atoms with Crippen LogP contribution in [0.25, 0.3) is 0 Å². The first kappa shape index (κ1) is 15.9. The van der Waals surface area contributed by atoms with Gasteiger partial charge in [-0.25, -0.2) is 13.1 Å². The Hall–Kier alpha value is -1.11. The summed E-state index contributed by atoms with van der Waals surface area (Å²) in [5.41, 5.74) is 6.57. The maximum Gasteiger partial charge on any atom is 0.240 e. The van der Waals surface area contributed by atoms with E-state index in [0.29, 0.717) is 19.0 Å². The van der Waals surface area contributed by atoms with Gasteiger partial charge in [-0.3, -0.25) is 0 Å². The van der Waals surface area contributed by atoms with Crippen LogP contribution >= 0.6 is 0 Å². The molecule has 0 radical (unpaired) electrons. The van der Waals surface area contributed by atoms with Crippen LogP contribution in [0.15, 0.2) is 29.2 Å². The molecule has 6 heteroatoms. The van der Waals surface area contributed by atoms with Crippen molar-refractivity contribution in [3.05, 3.63) is 24.3 Å². The molecule has 0 amide bonds. The molecule has 0 fully saturated rings. The summed E-state index contributed by atoms with van der Waals surface area (Å²) in [6.45, 7) is 6.85. The molecule has 1 aromatic carbocycles. The van der Waals surface area contributed by atoms with Crippen molar-refractivity contribution >= 4 is 15.7 Å². The van der Waals surface area contributed by atoms with Gasteiger partial charge in [-0.05, 0) is 30.2 Å². The first-order valence-corrected chi connectivity index (χ1v) is 7.95. The first-order chi connectivity index (χ1) is 8.90. The number of hydrogen-bond acceptors (Lipinski definition) is 4. The molecule has 108 valence electrons. The van der Waals surface area contributed by atoms with Gasteiger partial charge in [0.05, 0.1) is 4.90 Å². The Morgan fingerprint density at radius 2 is 1.79 bits per heavy atom. The Morgan fingerprint density at radius 3 is 2.21 bits per heavy atom. The van der Waals surface area contributed by atoms with Crippen LogP contribution in [0.3, 0.4) is 0 Å². The van der Waals surface area contributed by atoms with E-state index in [-0.39, 0.29) is 10.9 Å². The Kier molecular flexibility index (Phi) is 5.78. The van der Waals surface area contributed by atoms with E-state index in [0.717, 1.165) is 5.69 Å². The topological polar surface area (TPSA) is 84.2 Å². The Labute approximate surface area is 115 Å². The van der Waals surface area contributed by atoms with Gasteiger partial charge in [0.25, 0.3) is 0 Å². The first-order valence-electron chi connectivity index (χ1n) is 6.47. The summed E-state index contributed by atoms with van der Waals surface area (Å²) in [6, 6.07) is 6.88. The van der Waals surface area contributed by atoms with E-state index in [1.807, 2.05) is 0 Å². The van der Waals surface area contributed by atoms with E-state index < -0.39 is 10.0 Å². The van der Waals surface area contributed by atoms with Crippen LogP contribution in [0.2, 0.25) is 0 Å². The summed E-state index contributed by atoms with van der Waals surface area (Å²) in [5, 5.41) is 3.30. The van der Waals surface area contributed by atoms with Gasteiger partial charge in [-0.15, -0.1) is 0 Å². The Morgan fingerprint density at radius 1 is 1.21 bits per heavy atom. The van der Waals surface area contributed by atoms with Crippen molar-refractivity contribution in [2.24, 2.45) is 11.7 Å². The van der Waals surface area contributed by atoms with Gasteiger partial charge >= 0.3 is 0 Å². The minimum absolute atomic E-state index is 0.177. The van der Waals surface area contributed by atoms with Crippen LogP contribution in [0.4, 0.5) is 5.69 Å². The molecule has 0 aliphatic rings. The Bertz CT molecular complexity index is 483. The number of anilines is 1. The van der Waals surface area contributed by atoms with Crippen molar-refractivity contribution in [3.8, 4) is 0 Å². The van der Waals surface area contributed by atoms with Crippen LogP contribution in [0.5, 0.6) is 0 Å². The number of hydrogen-bond donors (Lipinski definition) is 3. The van der Waals surface area contributed by atoms with Gasteiger partial charge in [-0.2, -0.15) is 0 Å². The van der Waals surface area contributed by atoms with Gasteiger partial charge in [0, 0.05) is 24.8 Å². The second kappa shape index (κ2) is 6.88. The minimum atomic E-state index is -3.38. The summed E-state index contributed by atoms with van der Waals surface area (Å²) < 4.78 is 26.0. The molecule has 0 aromatic heterocycles. The maximum absolute atomic E-state index is 11.8. The monoisotopic (exact) mass is 285 g/mol. The normalized spacial score (nSPS) is 13.5. The quantitative estimate of drug-likeness (QED) is 0.706. The van der Waals surface area contributed by atoms with Gasteiger partial charge < -0.3 is 11.1 Å². The largest absolute Gasteiger partial charge is 0.381 e. The lowest BCUT2D eigenvalue weighted by Crippen LogP contribution is -2.33. The molecule has 0 saturated carbocycles. The van der Waals surface area contributed by atoms with E-state index in [4.69, 9.17) is 5.73 Å². The van der Waals surface area contributed by atoms with Crippen LogP contribution in [0, 0.1) is 5.92 Å². The molecule has 0 saturated heterocycles. The highest BCUT2D eigenvalue weighted by atomic mass is 32.2. The molecule has 0 bridgehead atoms. The molecular formula is C13H23N3O2S. The lowest BCUT2D eigenvalue weighted by atomic mass is 10.0. The smallest absolute Gasteiger partial charge is 0.240 e. The molecule has 19 heavy (non-hydrogen) atoms. The predicted molar refractivity (Wildman–Crippen MR) is 78.6 cm³/mol. The zero-order chi connectivity index (χ0) is 14.5. The van der Waals surface area contributed by atoms with Gasteiger partial charge in [-0.1, -0.05) is 20.8 Å².